The Morgan fingerprint density at radius 1 is 1.05 bits per heavy atom. The Hall–Kier alpha value is -1.97. The van der Waals surface area contributed by atoms with E-state index in [1.165, 1.54) is 29.7 Å². The molecule has 2 aliphatic rings. The Balaban J connectivity index is 1.71. The first-order chi connectivity index (χ1) is 10.7. The summed E-state index contributed by atoms with van der Waals surface area (Å²) >= 11 is 0. The molecule has 4 heteroatoms. The first-order valence-corrected chi connectivity index (χ1v) is 8.09. The van der Waals surface area contributed by atoms with Crippen LogP contribution in [0.3, 0.4) is 0 Å². The smallest absolute Gasteiger partial charge is 0.136 e. The molecule has 0 amide bonds. The average molecular weight is 297 g/mol. The van der Waals surface area contributed by atoms with Crippen LogP contribution in [0.1, 0.15) is 41.1 Å². The van der Waals surface area contributed by atoms with Gasteiger partial charge in [-0.05, 0) is 62.3 Å². The van der Waals surface area contributed by atoms with Crippen LogP contribution in [0.5, 0.6) is 0 Å². The van der Waals surface area contributed by atoms with Gasteiger partial charge in [-0.2, -0.15) is 0 Å². The first-order valence-electron chi connectivity index (χ1n) is 8.09. The zero-order valence-electron chi connectivity index (χ0n) is 12.9. The Bertz CT molecular complexity index is 727. The van der Waals surface area contributed by atoms with Crippen molar-refractivity contribution in [1.82, 2.24) is 9.97 Å². The molecule has 3 nitrogen and oxygen atoms in total. The van der Waals surface area contributed by atoms with E-state index >= 15 is 0 Å². The maximum absolute atomic E-state index is 13.4. The van der Waals surface area contributed by atoms with Gasteiger partial charge in [0, 0.05) is 24.3 Å². The minimum absolute atomic E-state index is 0.137. The molecule has 1 aromatic carbocycles. The molecule has 22 heavy (non-hydrogen) atoms. The summed E-state index contributed by atoms with van der Waals surface area (Å²) < 4.78 is 13.4. The monoisotopic (exact) mass is 297 g/mol. The van der Waals surface area contributed by atoms with Crippen LogP contribution >= 0.6 is 0 Å². The molecule has 0 fully saturated rings. The van der Waals surface area contributed by atoms with E-state index in [2.05, 4.69) is 9.88 Å². The third-order valence-corrected chi connectivity index (χ3v) is 4.75. The lowest BCUT2D eigenvalue weighted by Gasteiger charge is -2.32. The second kappa shape index (κ2) is 5.34. The van der Waals surface area contributed by atoms with E-state index in [9.17, 15) is 4.39 Å². The van der Waals surface area contributed by atoms with Crippen LogP contribution in [-0.2, 0) is 25.8 Å². The van der Waals surface area contributed by atoms with Crippen LogP contribution < -0.4 is 4.90 Å². The molecule has 2 heterocycles. The highest BCUT2D eigenvalue weighted by Gasteiger charge is 2.24. The molecule has 4 rings (SSSR count). The molecule has 2 aromatic rings. The lowest BCUT2D eigenvalue weighted by Crippen LogP contribution is -2.33. The van der Waals surface area contributed by atoms with Crippen molar-refractivity contribution in [3.63, 3.8) is 0 Å². The van der Waals surface area contributed by atoms with Crippen LogP contribution in [0.2, 0.25) is 0 Å². The molecule has 114 valence electrons. The zero-order valence-corrected chi connectivity index (χ0v) is 12.9. The van der Waals surface area contributed by atoms with Gasteiger partial charge in [-0.15, -0.1) is 0 Å². The van der Waals surface area contributed by atoms with Gasteiger partial charge in [-0.25, -0.2) is 14.4 Å². The second-order valence-electron chi connectivity index (χ2n) is 6.31. The van der Waals surface area contributed by atoms with Crippen molar-refractivity contribution < 1.29 is 4.39 Å². The second-order valence-corrected chi connectivity index (χ2v) is 6.31. The van der Waals surface area contributed by atoms with E-state index in [0.717, 1.165) is 49.6 Å². The van der Waals surface area contributed by atoms with Crippen LogP contribution in [0.15, 0.2) is 18.2 Å². The van der Waals surface area contributed by atoms with Crippen molar-refractivity contribution in [2.45, 2.75) is 45.6 Å². The van der Waals surface area contributed by atoms with Gasteiger partial charge >= 0.3 is 0 Å². The van der Waals surface area contributed by atoms with Gasteiger partial charge in [0.2, 0.25) is 0 Å². The molecular formula is C18H20FN3. The Labute approximate surface area is 130 Å². The van der Waals surface area contributed by atoms with E-state index < -0.39 is 0 Å². The lowest BCUT2D eigenvalue weighted by atomic mass is 9.94. The highest BCUT2D eigenvalue weighted by atomic mass is 19.1. The number of fused-ring (bicyclic) bond motifs is 2. The largest absolute Gasteiger partial charge is 0.352 e. The molecule has 0 bridgehead atoms. The van der Waals surface area contributed by atoms with Crippen molar-refractivity contribution in [3.8, 4) is 0 Å². The van der Waals surface area contributed by atoms with Gasteiger partial charge in [0.05, 0.1) is 0 Å². The zero-order chi connectivity index (χ0) is 15.1. The molecule has 0 N–H and O–H groups in total. The lowest BCUT2D eigenvalue weighted by molar-refractivity contribution is 0.615. The van der Waals surface area contributed by atoms with Gasteiger partial charge < -0.3 is 4.90 Å². The van der Waals surface area contributed by atoms with Crippen molar-refractivity contribution in [1.29, 1.82) is 0 Å². The van der Waals surface area contributed by atoms with Crippen LogP contribution in [0.25, 0.3) is 0 Å². The predicted molar refractivity (Wildman–Crippen MR) is 84.6 cm³/mol. The van der Waals surface area contributed by atoms with Gasteiger partial charge in [-0.3, -0.25) is 0 Å². The average Bonchev–Trinajstić information content (AvgIpc) is 2.53. The predicted octanol–water partition coefficient (Wildman–Crippen LogP) is 3.37. The fraction of sp³-hybridized carbons (Fsp3) is 0.444. The van der Waals surface area contributed by atoms with Gasteiger partial charge in [0.25, 0.3) is 0 Å². The van der Waals surface area contributed by atoms with E-state index in [1.807, 2.05) is 13.0 Å². The molecule has 0 spiro atoms. The van der Waals surface area contributed by atoms with Crippen LogP contribution in [0.4, 0.5) is 10.2 Å². The number of halogens is 1. The minimum Gasteiger partial charge on any atom is -0.352 e. The Morgan fingerprint density at radius 3 is 2.82 bits per heavy atom. The highest BCUT2D eigenvalue weighted by molar-refractivity contribution is 5.52. The summed E-state index contributed by atoms with van der Waals surface area (Å²) in [6.45, 7) is 3.70. The summed E-state index contributed by atoms with van der Waals surface area (Å²) in [5.41, 5.74) is 4.92. The van der Waals surface area contributed by atoms with E-state index in [4.69, 9.17) is 4.98 Å². The summed E-state index contributed by atoms with van der Waals surface area (Å²) in [6, 6.07) is 5.15. The normalized spacial score (nSPS) is 17.1. The number of hydrogen-bond donors (Lipinski definition) is 0. The van der Waals surface area contributed by atoms with Crippen LogP contribution in [0, 0.1) is 12.7 Å². The van der Waals surface area contributed by atoms with Crippen LogP contribution in [-0.4, -0.2) is 16.5 Å². The standard InChI is InChI=1S/C18H20FN3/c1-12-20-17-5-3-2-4-16(17)18(21-12)22-9-8-13-10-15(19)7-6-14(13)11-22/h6-7,10H,2-5,8-9,11H2,1H3. The summed E-state index contributed by atoms with van der Waals surface area (Å²) in [5.74, 6) is 1.83. The van der Waals surface area contributed by atoms with Crippen molar-refractivity contribution in [2.75, 3.05) is 11.4 Å². The molecule has 0 atom stereocenters. The molecule has 1 aliphatic heterocycles. The minimum atomic E-state index is -0.137. The summed E-state index contributed by atoms with van der Waals surface area (Å²) in [6.07, 6.45) is 5.48. The Kier molecular flexibility index (Phi) is 3.32. The van der Waals surface area contributed by atoms with E-state index in [0.29, 0.717) is 0 Å². The highest BCUT2D eigenvalue weighted by Crippen LogP contribution is 2.31. The molecule has 0 saturated carbocycles. The number of anilines is 1. The number of rotatable bonds is 1. The SMILES string of the molecule is Cc1nc2c(c(N3CCc4cc(F)ccc4C3)n1)CCCC2. The Morgan fingerprint density at radius 2 is 1.91 bits per heavy atom. The molecule has 1 aliphatic carbocycles. The van der Waals surface area contributed by atoms with Gasteiger partial charge in [-0.1, -0.05) is 6.07 Å². The summed E-state index contributed by atoms with van der Waals surface area (Å²) in [4.78, 5) is 11.7. The van der Waals surface area contributed by atoms with E-state index in [-0.39, 0.29) is 5.82 Å². The number of aryl methyl sites for hydroxylation is 2. The third-order valence-electron chi connectivity index (χ3n) is 4.75. The molecule has 0 radical (unpaired) electrons. The number of aromatic nitrogens is 2. The number of benzene rings is 1. The summed E-state index contributed by atoms with van der Waals surface area (Å²) in [7, 11) is 0. The van der Waals surface area contributed by atoms with E-state index in [1.54, 1.807) is 12.1 Å². The fourth-order valence-electron chi connectivity index (χ4n) is 3.66. The van der Waals surface area contributed by atoms with Crippen molar-refractivity contribution in [3.05, 3.63) is 52.2 Å². The van der Waals surface area contributed by atoms with Crippen molar-refractivity contribution >= 4 is 5.82 Å². The van der Waals surface area contributed by atoms with Crippen molar-refractivity contribution in [2.24, 2.45) is 0 Å². The third kappa shape index (κ3) is 2.36. The van der Waals surface area contributed by atoms with Gasteiger partial charge in [0.1, 0.15) is 17.5 Å². The summed E-state index contributed by atoms with van der Waals surface area (Å²) in [5, 5.41) is 0. The molecule has 0 saturated heterocycles. The molecular weight excluding hydrogens is 277 g/mol. The number of hydrogen-bond acceptors (Lipinski definition) is 3. The fourth-order valence-corrected chi connectivity index (χ4v) is 3.66. The topological polar surface area (TPSA) is 29.0 Å². The maximum Gasteiger partial charge on any atom is 0.136 e. The quantitative estimate of drug-likeness (QED) is 0.808. The molecule has 0 unspecified atom stereocenters. The molecule has 1 aromatic heterocycles. The number of nitrogens with zero attached hydrogens (tertiary/aromatic N) is 3. The first kappa shape index (κ1) is 13.7. The van der Waals surface area contributed by atoms with Gasteiger partial charge in [0.15, 0.2) is 0 Å². The maximum atomic E-state index is 13.4.